The van der Waals surface area contributed by atoms with Crippen molar-refractivity contribution in [3.63, 3.8) is 0 Å². The maximum atomic E-state index is 13.2. The molecule has 1 fully saturated rings. The number of nitrogens with one attached hydrogen (secondary N) is 1. The molecule has 0 saturated heterocycles. The van der Waals surface area contributed by atoms with Crippen LogP contribution in [0.3, 0.4) is 0 Å². The van der Waals surface area contributed by atoms with Crippen LogP contribution in [-0.2, 0) is 14.3 Å². The van der Waals surface area contributed by atoms with E-state index < -0.39 is 5.92 Å². The van der Waals surface area contributed by atoms with Gasteiger partial charge in [-0.15, -0.1) is 0 Å². The van der Waals surface area contributed by atoms with Crippen molar-refractivity contribution in [1.82, 2.24) is 5.32 Å². The van der Waals surface area contributed by atoms with Gasteiger partial charge in [-0.05, 0) is 51.5 Å². The number of hydrogen-bond donors (Lipinski definition) is 1. The van der Waals surface area contributed by atoms with E-state index in [0.717, 1.165) is 55.5 Å². The second kappa shape index (κ2) is 7.82. The molecule has 1 aromatic rings. The Morgan fingerprint density at radius 2 is 1.86 bits per heavy atom. The van der Waals surface area contributed by atoms with Gasteiger partial charge in [-0.3, -0.25) is 4.79 Å². The summed E-state index contributed by atoms with van der Waals surface area (Å²) in [5.41, 5.74) is 3.77. The van der Waals surface area contributed by atoms with Crippen molar-refractivity contribution in [2.24, 2.45) is 0 Å². The summed E-state index contributed by atoms with van der Waals surface area (Å²) in [6.45, 7) is 1.90. The number of hydrogen-bond acceptors (Lipinski definition) is 5. The molecule has 0 aromatic heterocycles. The van der Waals surface area contributed by atoms with Crippen LogP contribution in [0.2, 0.25) is 0 Å². The molecule has 1 atom stereocenters. The van der Waals surface area contributed by atoms with Gasteiger partial charge in [0.1, 0.15) is 11.9 Å². The Morgan fingerprint density at radius 1 is 1.11 bits per heavy atom. The monoisotopic (exact) mass is 381 g/mol. The molecule has 5 nitrogen and oxygen atoms in total. The zero-order chi connectivity index (χ0) is 19.7. The van der Waals surface area contributed by atoms with Crippen molar-refractivity contribution in [1.29, 1.82) is 0 Å². The van der Waals surface area contributed by atoms with E-state index >= 15 is 0 Å². The highest BCUT2D eigenvalue weighted by Crippen LogP contribution is 2.45. The van der Waals surface area contributed by atoms with Gasteiger partial charge in [0.2, 0.25) is 0 Å². The third kappa shape index (κ3) is 3.34. The van der Waals surface area contributed by atoms with Gasteiger partial charge in [0.15, 0.2) is 5.78 Å². The van der Waals surface area contributed by atoms with Crippen LogP contribution in [0.1, 0.15) is 63.4 Å². The van der Waals surface area contributed by atoms with Gasteiger partial charge < -0.3 is 14.8 Å². The number of benzene rings is 1. The van der Waals surface area contributed by atoms with Crippen LogP contribution in [0, 0.1) is 0 Å². The lowest BCUT2D eigenvalue weighted by atomic mass is 9.75. The largest absolute Gasteiger partial charge is 0.496 e. The summed E-state index contributed by atoms with van der Waals surface area (Å²) in [5.74, 6) is 0.00810. The highest BCUT2D eigenvalue weighted by atomic mass is 16.5. The SMILES string of the molecule is COc1ccccc1[C@@H]1C(C(=O)OC2CCCC2)=C(C)NC2=C1C(=O)CCC2. The molecule has 0 radical (unpaired) electrons. The molecule has 1 N–H and O–H groups in total. The molecule has 1 aliphatic heterocycles. The molecule has 2 aliphatic carbocycles. The maximum Gasteiger partial charge on any atom is 0.337 e. The number of ether oxygens (including phenoxy) is 2. The topological polar surface area (TPSA) is 64.6 Å². The average molecular weight is 381 g/mol. The third-order valence-electron chi connectivity index (χ3n) is 6.02. The first-order valence-electron chi connectivity index (χ1n) is 10.2. The predicted molar refractivity (Wildman–Crippen MR) is 106 cm³/mol. The van der Waals surface area contributed by atoms with Crippen LogP contribution < -0.4 is 10.1 Å². The quantitative estimate of drug-likeness (QED) is 0.794. The fourth-order valence-corrected chi connectivity index (χ4v) is 4.69. The minimum absolute atomic E-state index is 0.0245. The summed E-state index contributed by atoms with van der Waals surface area (Å²) in [7, 11) is 1.62. The normalized spacial score (nSPS) is 22.8. The first-order valence-corrected chi connectivity index (χ1v) is 10.2. The molecule has 3 aliphatic rings. The predicted octanol–water partition coefficient (Wildman–Crippen LogP) is 4.15. The van der Waals surface area contributed by atoms with E-state index in [0.29, 0.717) is 23.3 Å². The van der Waals surface area contributed by atoms with Crippen molar-refractivity contribution < 1.29 is 19.1 Å². The number of Topliss-reactive ketones (excluding diaryl/α,β-unsaturated/α-hetero) is 1. The summed E-state index contributed by atoms with van der Waals surface area (Å²) in [4.78, 5) is 26.2. The number of esters is 1. The van der Waals surface area contributed by atoms with Gasteiger partial charge in [-0.25, -0.2) is 4.79 Å². The molecule has 0 amide bonds. The Hall–Kier alpha value is -2.56. The van der Waals surface area contributed by atoms with Crippen LogP contribution in [-0.4, -0.2) is 25.0 Å². The molecular formula is C23H27NO4. The lowest BCUT2D eigenvalue weighted by Gasteiger charge is -2.35. The van der Waals surface area contributed by atoms with Crippen molar-refractivity contribution >= 4 is 11.8 Å². The van der Waals surface area contributed by atoms with E-state index in [-0.39, 0.29) is 17.9 Å². The molecule has 148 valence electrons. The van der Waals surface area contributed by atoms with Crippen LogP contribution in [0.25, 0.3) is 0 Å². The van der Waals surface area contributed by atoms with E-state index in [1.54, 1.807) is 7.11 Å². The smallest absolute Gasteiger partial charge is 0.337 e. The van der Waals surface area contributed by atoms with Crippen LogP contribution in [0.5, 0.6) is 5.75 Å². The number of carbonyl (C=O) groups excluding carboxylic acids is 2. The molecule has 1 saturated carbocycles. The summed E-state index contributed by atoms with van der Waals surface area (Å²) >= 11 is 0. The van der Waals surface area contributed by atoms with Crippen LogP contribution in [0.4, 0.5) is 0 Å². The zero-order valence-corrected chi connectivity index (χ0v) is 16.5. The third-order valence-corrected chi connectivity index (χ3v) is 6.02. The standard InChI is InChI=1S/C23H27NO4/c1-14-20(23(26)28-15-8-3-4-9-15)21(16-10-5-6-13-19(16)27-2)22-17(24-14)11-7-12-18(22)25/h5-6,10,13,15,21,24H,3-4,7-9,11-12H2,1-2H3/t21-/m1/s1. The molecule has 1 aromatic carbocycles. The number of carbonyl (C=O) groups is 2. The average Bonchev–Trinajstić information content (AvgIpc) is 3.20. The zero-order valence-electron chi connectivity index (χ0n) is 16.5. The Balaban J connectivity index is 1.80. The number of methoxy groups -OCH3 is 1. The Morgan fingerprint density at radius 3 is 2.61 bits per heavy atom. The van der Waals surface area contributed by atoms with Crippen molar-refractivity contribution in [3.05, 3.63) is 52.4 Å². The van der Waals surface area contributed by atoms with Gasteiger partial charge in [0.05, 0.1) is 18.6 Å². The van der Waals surface area contributed by atoms with E-state index in [1.165, 1.54) is 0 Å². The van der Waals surface area contributed by atoms with Gasteiger partial charge in [0, 0.05) is 29.0 Å². The summed E-state index contributed by atoms with van der Waals surface area (Å²) in [6, 6.07) is 7.63. The van der Waals surface area contributed by atoms with Gasteiger partial charge >= 0.3 is 5.97 Å². The molecule has 1 heterocycles. The minimum atomic E-state index is -0.450. The highest BCUT2D eigenvalue weighted by molar-refractivity contribution is 6.04. The number of allylic oxidation sites excluding steroid dienone is 3. The lowest BCUT2D eigenvalue weighted by molar-refractivity contribution is -0.144. The van der Waals surface area contributed by atoms with Crippen LogP contribution >= 0.6 is 0 Å². The number of para-hydroxylation sites is 1. The minimum Gasteiger partial charge on any atom is -0.496 e. The summed E-state index contributed by atoms with van der Waals surface area (Å²) < 4.78 is 11.4. The fourth-order valence-electron chi connectivity index (χ4n) is 4.69. The molecule has 0 bridgehead atoms. The molecule has 0 unspecified atom stereocenters. The number of dihydropyridines is 1. The lowest BCUT2D eigenvalue weighted by Crippen LogP contribution is -2.35. The first-order chi connectivity index (χ1) is 13.6. The maximum absolute atomic E-state index is 13.2. The molecule has 5 heteroatoms. The fraction of sp³-hybridized carbons (Fsp3) is 0.478. The second-order valence-corrected chi connectivity index (χ2v) is 7.82. The first kappa shape index (κ1) is 18.8. The van der Waals surface area contributed by atoms with Gasteiger partial charge in [0.25, 0.3) is 0 Å². The van der Waals surface area contributed by atoms with Crippen LogP contribution in [0.15, 0.2) is 46.8 Å². The summed E-state index contributed by atoms with van der Waals surface area (Å²) in [5, 5.41) is 3.34. The summed E-state index contributed by atoms with van der Waals surface area (Å²) in [6.07, 6.45) is 6.15. The van der Waals surface area contributed by atoms with Gasteiger partial charge in [-0.2, -0.15) is 0 Å². The van der Waals surface area contributed by atoms with E-state index in [1.807, 2.05) is 31.2 Å². The second-order valence-electron chi connectivity index (χ2n) is 7.82. The highest BCUT2D eigenvalue weighted by Gasteiger charge is 2.40. The van der Waals surface area contributed by atoms with E-state index in [9.17, 15) is 9.59 Å². The molecule has 4 rings (SSSR count). The Kier molecular flexibility index (Phi) is 5.25. The van der Waals surface area contributed by atoms with E-state index in [4.69, 9.17) is 9.47 Å². The molecule has 28 heavy (non-hydrogen) atoms. The molecular weight excluding hydrogens is 354 g/mol. The van der Waals surface area contributed by atoms with Crippen molar-refractivity contribution in [2.75, 3.05) is 7.11 Å². The van der Waals surface area contributed by atoms with Gasteiger partial charge in [-0.1, -0.05) is 18.2 Å². The Bertz CT molecular complexity index is 861. The number of rotatable bonds is 4. The van der Waals surface area contributed by atoms with Crippen molar-refractivity contribution in [2.45, 2.75) is 63.9 Å². The number of ketones is 1. The molecule has 0 spiro atoms. The van der Waals surface area contributed by atoms with Crippen molar-refractivity contribution in [3.8, 4) is 5.75 Å². The Labute approximate surface area is 165 Å². The van der Waals surface area contributed by atoms with E-state index in [2.05, 4.69) is 5.32 Å².